The summed E-state index contributed by atoms with van der Waals surface area (Å²) in [4.78, 5) is 49.3. The summed E-state index contributed by atoms with van der Waals surface area (Å²) in [5, 5.41) is 16.7. The highest BCUT2D eigenvalue weighted by molar-refractivity contribution is 5.97. The summed E-state index contributed by atoms with van der Waals surface area (Å²) in [7, 11) is 0. The lowest BCUT2D eigenvalue weighted by Crippen LogP contribution is -2.49. The van der Waals surface area contributed by atoms with E-state index in [-0.39, 0.29) is 24.4 Å². The van der Waals surface area contributed by atoms with E-state index in [0.717, 1.165) is 41.0 Å². The molecule has 2 amide bonds. The summed E-state index contributed by atoms with van der Waals surface area (Å²) in [5.74, 6) is -0.848. The lowest BCUT2D eigenvalue weighted by Gasteiger charge is -2.24. The molecule has 0 bridgehead atoms. The molecule has 0 unspecified atom stereocenters. The molecule has 264 valence electrons. The number of carbonyl (C=O) groups excluding carboxylic acids is 2. The maximum atomic E-state index is 13.7. The van der Waals surface area contributed by atoms with Crippen molar-refractivity contribution in [2.24, 2.45) is 5.92 Å². The summed E-state index contributed by atoms with van der Waals surface area (Å²) >= 11 is 0. The number of likely N-dealkylation sites (tertiary alicyclic amines) is 1. The molecule has 2 aromatic heterocycles. The highest BCUT2D eigenvalue weighted by Gasteiger charge is 2.35. The Bertz CT molecular complexity index is 1730. The van der Waals surface area contributed by atoms with Crippen LogP contribution in [0.4, 0.5) is 0 Å². The maximum absolute atomic E-state index is 13.7. The first-order valence-corrected chi connectivity index (χ1v) is 17.5. The molecule has 0 saturated carbocycles. The Morgan fingerprint density at radius 2 is 1.60 bits per heavy atom. The number of hydrogen-bond donors (Lipinski definition) is 2. The number of ether oxygens (including phenoxy) is 1. The van der Waals surface area contributed by atoms with E-state index in [0.29, 0.717) is 24.4 Å². The van der Waals surface area contributed by atoms with E-state index in [1.807, 2.05) is 69.3 Å². The molecule has 1 aliphatic heterocycles. The molecule has 50 heavy (non-hydrogen) atoms. The first-order valence-electron chi connectivity index (χ1n) is 17.5. The van der Waals surface area contributed by atoms with Crippen LogP contribution in [0.15, 0.2) is 73.3 Å². The van der Waals surface area contributed by atoms with Gasteiger partial charge in [0, 0.05) is 49.2 Å². The van der Waals surface area contributed by atoms with Gasteiger partial charge in [0.05, 0.1) is 29.8 Å². The number of carboxylic acid groups (broad SMARTS) is 1. The summed E-state index contributed by atoms with van der Waals surface area (Å²) in [5.41, 5.74) is 3.57. The molecule has 1 aliphatic rings. The largest absolute Gasteiger partial charge is 0.494 e. The molecule has 11 heteroatoms. The molecule has 2 atom stereocenters. The zero-order valence-electron chi connectivity index (χ0n) is 29.5. The Morgan fingerprint density at radius 3 is 2.22 bits per heavy atom. The number of aromatic nitrogens is 4. The molecule has 3 heterocycles. The van der Waals surface area contributed by atoms with Crippen molar-refractivity contribution >= 4 is 17.8 Å². The van der Waals surface area contributed by atoms with E-state index in [4.69, 9.17) is 4.74 Å². The fourth-order valence-electron chi connectivity index (χ4n) is 5.92. The van der Waals surface area contributed by atoms with Gasteiger partial charge in [0.15, 0.2) is 5.82 Å². The second-order valence-corrected chi connectivity index (χ2v) is 14.0. The molecule has 2 aromatic carbocycles. The Labute approximate surface area is 294 Å². The first-order chi connectivity index (χ1) is 24.0. The monoisotopic (exact) mass is 680 g/mol. The van der Waals surface area contributed by atoms with Crippen LogP contribution >= 0.6 is 0 Å². The van der Waals surface area contributed by atoms with Gasteiger partial charge >= 0.3 is 5.97 Å². The lowest BCUT2D eigenvalue weighted by atomic mass is 10.0. The number of aliphatic carboxylic acids is 1. The maximum Gasteiger partial charge on any atom is 0.308 e. The average molecular weight is 681 g/mol. The zero-order chi connectivity index (χ0) is 35.7. The van der Waals surface area contributed by atoms with Gasteiger partial charge in [0.2, 0.25) is 5.91 Å². The number of nitrogens with one attached hydrogen (secondary N) is 1. The van der Waals surface area contributed by atoms with Gasteiger partial charge < -0.3 is 20.1 Å². The predicted octanol–water partition coefficient (Wildman–Crippen LogP) is 6.39. The van der Waals surface area contributed by atoms with E-state index < -0.39 is 23.8 Å². The number of amides is 2. The van der Waals surface area contributed by atoms with Crippen molar-refractivity contribution in [2.75, 3.05) is 19.7 Å². The molecule has 0 aliphatic carbocycles. The van der Waals surface area contributed by atoms with Crippen LogP contribution < -0.4 is 10.1 Å². The van der Waals surface area contributed by atoms with Crippen LogP contribution in [0.1, 0.15) is 82.1 Å². The minimum Gasteiger partial charge on any atom is -0.494 e. The fourth-order valence-corrected chi connectivity index (χ4v) is 5.92. The number of carboxylic acids is 1. The van der Waals surface area contributed by atoms with Gasteiger partial charge in [-0.2, -0.15) is 5.10 Å². The highest BCUT2D eigenvalue weighted by Crippen LogP contribution is 2.24. The summed E-state index contributed by atoms with van der Waals surface area (Å²) in [6, 6.07) is 14.7. The summed E-state index contributed by atoms with van der Waals surface area (Å²) < 4.78 is 7.59. The third-order valence-electron chi connectivity index (χ3n) is 8.99. The van der Waals surface area contributed by atoms with Crippen LogP contribution in [0, 0.1) is 5.92 Å². The summed E-state index contributed by atoms with van der Waals surface area (Å²) in [6.07, 6.45) is 13.4. The minimum absolute atomic E-state index is 0.117. The van der Waals surface area contributed by atoms with Crippen molar-refractivity contribution in [2.45, 2.75) is 84.2 Å². The third kappa shape index (κ3) is 9.55. The molecular formula is C39H48N6O5. The van der Waals surface area contributed by atoms with Crippen molar-refractivity contribution in [3.8, 4) is 28.3 Å². The van der Waals surface area contributed by atoms with E-state index in [9.17, 15) is 19.5 Å². The Kier molecular flexibility index (Phi) is 12.0. The topological polar surface area (TPSA) is 140 Å². The van der Waals surface area contributed by atoms with Crippen molar-refractivity contribution in [1.29, 1.82) is 0 Å². The molecule has 1 saturated heterocycles. The van der Waals surface area contributed by atoms with Crippen molar-refractivity contribution < 1.29 is 24.2 Å². The Hall–Kier alpha value is -5.06. The van der Waals surface area contributed by atoms with Crippen LogP contribution in [0.3, 0.4) is 0 Å². The lowest BCUT2D eigenvalue weighted by molar-refractivity contribution is -0.141. The van der Waals surface area contributed by atoms with Gasteiger partial charge in [-0.25, -0.2) is 9.97 Å². The van der Waals surface area contributed by atoms with Gasteiger partial charge in [-0.3, -0.25) is 19.1 Å². The first kappa shape index (κ1) is 36.2. The Balaban J connectivity index is 1.23. The normalized spacial score (nSPS) is 15.1. The quantitative estimate of drug-likeness (QED) is 0.138. The van der Waals surface area contributed by atoms with E-state index in [1.165, 1.54) is 36.8 Å². The summed E-state index contributed by atoms with van der Waals surface area (Å²) in [6.45, 7) is 9.32. The van der Waals surface area contributed by atoms with E-state index >= 15 is 0 Å². The molecule has 0 radical (unpaired) electrons. The van der Waals surface area contributed by atoms with Crippen LogP contribution in [0.5, 0.6) is 5.75 Å². The number of hydrogen-bond acceptors (Lipinski definition) is 7. The van der Waals surface area contributed by atoms with Gasteiger partial charge in [-0.05, 0) is 56.9 Å². The van der Waals surface area contributed by atoms with E-state index in [2.05, 4.69) is 27.3 Å². The Morgan fingerprint density at radius 1 is 0.920 bits per heavy atom. The molecule has 4 aromatic rings. The third-order valence-corrected chi connectivity index (χ3v) is 8.99. The van der Waals surface area contributed by atoms with Crippen LogP contribution in [0.2, 0.25) is 0 Å². The number of unbranched alkanes of at least 4 members (excludes halogenated alkanes) is 4. The predicted molar refractivity (Wildman–Crippen MR) is 192 cm³/mol. The second-order valence-electron chi connectivity index (χ2n) is 14.0. The van der Waals surface area contributed by atoms with E-state index in [1.54, 1.807) is 23.3 Å². The SMILES string of the molecule is CCCCCCCOc1ccc(-c2cnc(-c3ccc(C[C@H](NC(=O)c4cnn(C(C)(C)C)c4)C(=O)N4CC[C@H](C(=O)O)C4)cc3)nc2)cc1. The van der Waals surface area contributed by atoms with Gasteiger partial charge in [0.1, 0.15) is 11.8 Å². The van der Waals surface area contributed by atoms with Gasteiger partial charge in [-0.15, -0.1) is 0 Å². The molecule has 1 fully saturated rings. The molecule has 0 spiro atoms. The molecule has 5 rings (SSSR count). The number of rotatable bonds is 15. The smallest absolute Gasteiger partial charge is 0.308 e. The second kappa shape index (κ2) is 16.6. The zero-order valence-corrected chi connectivity index (χ0v) is 29.5. The van der Waals surface area contributed by atoms with Gasteiger partial charge in [-0.1, -0.05) is 69.0 Å². The average Bonchev–Trinajstić information content (AvgIpc) is 3.82. The number of nitrogens with zero attached hydrogens (tertiary/aromatic N) is 5. The van der Waals surface area contributed by atoms with Gasteiger partial charge in [0.25, 0.3) is 5.91 Å². The number of carbonyl (C=O) groups is 3. The van der Waals surface area contributed by atoms with Crippen LogP contribution in [0.25, 0.3) is 22.5 Å². The molecular weight excluding hydrogens is 632 g/mol. The van der Waals surface area contributed by atoms with Crippen molar-refractivity contribution in [3.05, 3.63) is 84.4 Å². The van der Waals surface area contributed by atoms with Crippen molar-refractivity contribution in [1.82, 2.24) is 30.0 Å². The number of benzene rings is 2. The minimum atomic E-state index is -0.923. The molecule has 11 nitrogen and oxygen atoms in total. The standard InChI is InChI=1S/C39H48N6O5/c1-5-6-7-8-9-20-50-33-16-14-28(15-17-33)31-22-40-35(41-23-31)29-12-10-27(11-13-29)21-34(37(47)44-19-18-30(25-44)38(48)49)43-36(46)32-24-42-45(26-32)39(2,3)4/h10-17,22-24,26,30,34H,5-9,18-21,25H2,1-4H3,(H,43,46)(H,48,49)/t30-,34-/m0/s1. The van der Waals surface area contributed by atoms with Crippen molar-refractivity contribution in [3.63, 3.8) is 0 Å². The fraction of sp³-hybridized carbons (Fsp3) is 0.436. The van der Waals surface area contributed by atoms with Crippen LogP contribution in [-0.2, 0) is 21.5 Å². The van der Waals surface area contributed by atoms with Crippen LogP contribution in [-0.4, -0.2) is 73.3 Å². The highest BCUT2D eigenvalue weighted by atomic mass is 16.5. The molecule has 2 N–H and O–H groups in total.